The van der Waals surface area contributed by atoms with Crippen LogP contribution in [-0.2, 0) is 9.59 Å². The number of carbonyl (C=O) groups is 2. The zero-order chi connectivity index (χ0) is 20.0. The smallest absolute Gasteiger partial charge is 0.246 e. The average Bonchev–Trinajstić information content (AvgIpc) is 2.64. The summed E-state index contributed by atoms with van der Waals surface area (Å²) in [5.41, 5.74) is 3.07. The third-order valence-corrected chi connectivity index (χ3v) is 4.24. The molecule has 0 saturated carbocycles. The average molecular weight is 369 g/mol. The van der Waals surface area contributed by atoms with Gasteiger partial charge in [-0.2, -0.15) is 0 Å². The molecule has 2 amide bonds. The van der Waals surface area contributed by atoms with Crippen molar-refractivity contribution in [3.05, 3.63) is 53.6 Å². The maximum Gasteiger partial charge on any atom is 0.246 e. The van der Waals surface area contributed by atoms with Crippen LogP contribution in [-0.4, -0.2) is 37.9 Å². The molecule has 27 heavy (non-hydrogen) atoms. The Labute approximate surface area is 160 Å². The summed E-state index contributed by atoms with van der Waals surface area (Å²) < 4.78 is 5.25. The van der Waals surface area contributed by atoms with E-state index in [0.29, 0.717) is 23.5 Å². The van der Waals surface area contributed by atoms with E-state index in [-0.39, 0.29) is 11.8 Å². The number of nitrogens with zero attached hydrogens (tertiary/aromatic N) is 1. The third-order valence-electron chi connectivity index (χ3n) is 4.24. The second-order valence-electron chi connectivity index (χ2n) is 6.58. The molecule has 0 spiro atoms. The van der Waals surface area contributed by atoms with Crippen molar-refractivity contribution in [2.75, 3.05) is 31.8 Å². The first kappa shape index (κ1) is 20.5. The summed E-state index contributed by atoms with van der Waals surface area (Å²) >= 11 is 0. The van der Waals surface area contributed by atoms with Gasteiger partial charge in [0.05, 0.1) is 18.5 Å². The molecule has 0 aliphatic carbocycles. The van der Waals surface area contributed by atoms with Crippen molar-refractivity contribution in [3.8, 4) is 5.75 Å². The van der Waals surface area contributed by atoms with E-state index < -0.39 is 6.04 Å². The largest absolute Gasteiger partial charge is 0.497 e. The number of benzene rings is 2. The highest BCUT2D eigenvalue weighted by Crippen LogP contribution is 2.29. The second kappa shape index (κ2) is 9.19. The lowest BCUT2D eigenvalue weighted by atomic mass is 10.0. The van der Waals surface area contributed by atoms with Crippen molar-refractivity contribution in [1.82, 2.24) is 4.90 Å². The lowest BCUT2D eigenvalue weighted by Crippen LogP contribution is -2.32. The Morgan fingerprint density at radius 2 is 1.70 bits per heavy atom. The summed E-state index contributed by atoms with van der Waals surface area (Å²) in [5.74, 6) is 0.277. The van der Waals surface area contributed by atoms with Gasteiger partial charge in [0.2, 0.25) is 11.8 Å². The molecule has 0 bridgehead atoms. The molecule has 0 saturated heterocycles. The topological polar surface area (TPSA) is 70.7 Å². The van der Waals surface area contributed by atoms with Crippen LogP contribution in [0.15, 0.2) is 42.5 Å². The Hall–Kier alpha value is -2.86. The van der Waals surface area contributed by atoms with E-state index in [0.717, 1.165) is 11.1 Å². The Kier molecular flexibility index (Phi) is 6.96. The lowest BCUT2D eigenvalue weighted by molar-refractivity contribution is -0.120. The molecule has 2 rings (SSSR count). The zero-order valence-corrected chi connectivity index (χ0v) is 16.5. The number of hydrogen-bond donors (Lipinski definition) is 2. The zero-order valence-electron chi connectivity index (χ0n) is 16.5. The minimum Gasteiger partial charge on any atom is -0.497 e. The van der Waals surface area contributed by atoms with Gasteiger partial charge in [-0.1, -0.05) is 36.8 Å². The fraction of sp³-hybridized carbons (Fsp3) is 0.333. The maximum absolute atomic E-state index is 13.0. The van der Waals surface area contributed by atoms with Crippen LogP contribution >= 0.6 is 0 Å². The third kappa shape index (κ3) is 5.31. The van der Waals surface area contributed by atoms with E-state index >= 15 is 0 Å². The highest BCUT2D eigenvalue weighted by Gasteiger charge is 2.24. The van der Waals surface area contributed by atoms with Gasteiger partial charge >= 0.3 is 0 Å². The van der Waals surface area contributed by atoms with Gasteiger partial charge in [-0.05, 0) is 38.7 Å². The first-order valence-electron chi connectivity index (χ1n) is 8.87. The van der Waals surface area contributed by atoms with Gasteiger partial charge in [-0.15, -0.1) is 0 Å². The summed E-state index contributed by atoms with van der Waals surface area (Å²) in [7, 11) is 5.27. The van der Waals surface area contributed by atoms with Gasteiger partial charge in [-0.3, -0.25) is 14.5 Å². The Bertz CT molecular complexity index is 801. The number of rotatable bonds is 7. The van der Waals surface area contributed by atoms with Crippen molar-refractivity contribution in [2.24, 2.45) is 0 Å². The predicted octanol–water partition coefficient (Wildman–Crippen LogP) is 3.59. The molecule has 0 aliphatic heterocycles. The Morgan fingerprint density at radius 1 is 1.04 bits per heavy atom. The molecule has 0 radical (unpaired) electrons. The van der Waals surface area contributed by atoms with Crippen molar-refractivity contribution < 1.29 is 14.3 Å². The summed E-state index contributed by atoms with van der Waals surface area (Å²) in [6.07, 6.45) is 0.350. The fourth-order valence-electron chi connectivity index (χ4n) is 2.74. The number of methoxy groups -OCH3 is 1. The molecule has 1 atom stereocenters. The monoisotopic (exact) mass is 369 g/mol. The van der Waals surface area contributed by atoms with Gasteiger partial charge < -0.3 is 15.4 Å². The quantitative estimate of drug-likeness (QED) is 0.782. The molecule has 0 aromatic heterocycles. The molecular formula is C21H27N3O3. The standard InChI is InChI=1S/C21H27N3O3/c1-6-19(25)22-17-12-11-16(27-5)13-18(17)23-21(26)20(24(3)4)15-9-7-14(2)8-10-15/h7-13,20H,6H2,1-5H3,(H,22,25)(H,23,26). The maximum atomic E-state index is 13.0. The van der Waals surface area contributed by atoms with Crippen LogP contribution in [0.3, 0.4) is 0 Å². The predicted molar refractivity (Wildman–Crippen MR) is 108 cm³/mol. The number of ether oxygens (including phenoxy) is 1. The van der Waals surface area contributed by atoms with Gasteiger partial charge in [0, 0.05) is 12.5 Å². The van der Waals surface area contributed by atoms with Crippen molar-refractivity contribution >= 4 is 23.2 Å². The number of carbonyl (C=O) groups excluding carboxylic acids is 2. The summed E-state index contributed by atoms with van der Waals surface area (Å²) in [4.78, 5) is 26.7. The van der Waals surface area contributed by atoms with E-state index in [1.54, 1.807) is 32.2 Å². The first-order chi connectivity index (χ1) is 12.8. The number of anilines is 2. The molecule has 0 heterocycles. The highest BCUT2D eigenvalue weighted by molar-refractivity contribution is 6.01. The molecule has 6 nitrogen and oxygen atoms in total. The van der Waals surface area contributed by atoms with E-state index in [9.17, 15) is 9.59 Å². The molecule has 2 aromatic rings. The molecule has 2 N–H and O–H groups in total. The minimum absolute atomic E-state index is 0.127. The molecule has 6 heteroatoms. The van der Waals surface area contributed by atoms with Gasteiger partial charge in [-0.25, -0.2) is 0 Å². The molecule has 0 fully saturated rings. The number of likely N-dealkylation sites (N-methyl/N-ethyl adjacent to an activating group) is 1. The number of nitrogens with one attached hydrogen (secondary N) is 2. The van der Waals surface area contributed by atoms with Crippen LogP contribution in [0, 0.1) is 6.92 Å². The number of aryl methyl sites for hydroxylation is 1. The van der Waals surface area contributed by atoms with E-state index in [2.05, 4.69) is 10.6 Å². The molecule has 0 aliphatic rings. The normalized spacial score (nSPS) is 11.8. The van der Waals surface area contributed by atoms with Crippen LogP contribution in [0.25, 0.3) is 0 Å². The lowest BCUT2D eigenvalue weighted by Gasteiger charge is -2.25. The van der Waals surface area contributed by atoms with Crippen LogP contribution in [0.5, 0.6) is 5.75 Å². The number of hydrogen-bond acceptors (Lipinski definition) is 4. The van der Waals surface area contributed by atoms with E-state index in [4.69, 9.17) is 4.74 Å². The summed E-state index contributed by atoms with van der Waals surface area (Å²) in [6, 6.07) is 12.6. The summed E-state index contributed by atoms with van der Waals surface area (Å²) in [5, 5.41) is 5.74. The van der Waals surface area contributed by atoms with E-state index in [1.165, 1.54) is 0 Å². The van der Waals surface area contributed by atoms with Crippen LogP contribution < -0.4 is 15.4 Å². The Balaban J connectivity index is 2.33. The van der Waals surface area contributed by atoms with Crippen molar-refractivity contribution in [2.45, 2.75) is 26.3 Å². The van der Waals surface area contributed by atoms with Gasteiger partial charge in [0.1, 0.15) is 11.8 Å². The molecule has 144 valence electrons. The second-order valence-corrected chi connectivity index (χ2v) is 6.58. The van der Waals surface area contributed by atoms with Crippen LogP contribution in [0.4, 0.5) is 11.4 Å². The minimum atomic E-state index is -0.466. The molecule has 2 aromatic carbocycles. The summed E-state index contributed by atoms with van der Waals surface area (Å²) in [6.45, 7) is 3.78. The van der Waals surface area contributed by atoms with Crippen LogP contribution in [0.2, 0.25) is 0 Å². The molecular weight excluding hydrogens is 342 g/mol. The first-order valence-corrected chi connectivity index (χ1v) is 8.87. The molecule has 1 unspecified atom stereocenters. The SMILES string of the molecule is CCC(=O)Nc1ccc(OC)cc1NC(=O)C(c1ccc(C)cc1)N(C)C. The van der Waals surface area contributed by atoms with Crippen LogP contribution in [0.1, 0.15) is 30.5 Å². The van der Waals surface area contributed by atoms with Gasteiger partial charge in [0.15, 0.2) is 0 Å². The Morgan fingerprint density at radius 3 is 2.26 bits per heavy atom. The van der Waals surface area contributed by atoms with E-state index in [1.807, 2.05) is 50.2 Å². The van der Waals surface area contributed by atoms with Crippen molar-refractivity contribution in [1.29, 1.82) is 0 Å². The fourth-order valence-corrected chi connectivity index (χ4v) is 2.74. The number of amides is 2. The highest BCUT2D eigenvalue weighted by atomic mass is 16.5. The van der Waals surface area contributed by atoms with Crippen molar-refractivity contribution in [3.63, 3.8) is 0 Å². The van der Waals surface area contributed by atoms with Gasteiger partial charge in [0.25, 0.3) is 0 Å².